The van der Waals surface area contributed by atoms with Crippen LogP contribution in [0.25, 0.3) is 0 Å². The number of aliphatic hydroxyl groups is 1. The molecule has 0 bridgehead atoms. The van der Waals surface area contributed by atoms with Gasteiger partial charge in [-0.3, -0.25) is 0 Å². The third kappa shape index (κ3) is 3.41. The Labute approximate surface area is 103 Å². The molecule has 0 saturated heterocycles. The fourth-order valence-corrected chi connectivity index (χ4v) is 1.80. The smallest absolute Gasteiger partial charge is 0.217 e. The lowest BCUT2D eigenvalue weighted by molar-refractivity contribution is 0.149. The van der Waals surface area contributed by atoms with Crippen molar-refractivity contribution in [2.45, 2.75) is 38.8 Å². The van der Waals surface area contributed by atoms with Crippen molar-refractivity contribution in [3.05, 3.63) is 23.9 Å². The predicted molar refractivity (Wildman–Crippen MR) is 68.0 cm³/mol. The summed E-state index contributed by atoms with van der Waals surface area (Å²) in [4.78, 5) is 4.15. The predicted octanol–water partition coefficient (Wildman–Crippen LogP) is 1.73. The SMILES string of the molecule is CCC(CC)(CO)NCc1cccnc1OC. The van der Waals surface area contributed by atoms with Gasteiger partial charge in [0.2, 0.25) is 5.88 Å². The maximum atomic E-state index is 9.47. The van der Waals surface area contributed by atoms with Crippen LogP contribution in [0.4, 0.5) is 0 Å². The molecule has 0 amide bonds. The van der Waals surface area contributed by atoms with Gasteiger partial charge in [-0.15, -0.1) is 0 Å². The number of nitrogens with one attached hydrogen (secondary N) is 1. The Morgan fingerprint density at radius 1 is 1.41 bits per heavy atom. The highest BCUT2D eigenvalue weighted by atomic mass is 16.5. The normalized spacial score (nSPS) is 11.5. The highest BCUT2D eigenvalue weighted by Crippen LogP contribution is 2.18. The number of rotatable bonds is 7. The molecular weight excluding hydrogens is 216 g/mol. The zero-order chi connectivity index (χ0) is 12.7. The van der Waals surface area contributed by atoms with Gasteiger partial charge in [-0.1, -0.05) is 19.9 Å². The number of aromatic nitrogens is 1. The number of hydrogen-bond acceptors (Lipinski definition) is 4. The Morgan fingerprint density at radius 2 is 2.12 bits per heavy atom. The Hall–Kier alpha value is -1.13. The minimum Gasteiger partial charge on any atom is -0.481 e. The van der Waals surface area contributed by atoms with E-state index in [-0.39, 0.29) is 12.1 Å². The topological polar surface area (TPSA) is 54.4 Å². The molecule has 1 aromatic heterocycles. The van der Waals surface area contributed by atoms with Gasteiger partial charge in [-0.05, 0) is 18.9 Å². The second kappa shape index (κ2) is 6.57. The summed E-state index contributed by atoms with van der Waals surface area (Å²) in [7, 11) is 1.62. The molecule has 0 aromatic carbocycles. The van der Waals surface area contributed by atoms with Crippen LogP contribution in [0.1, 0.15) is 32.3 Å². The van der Waals surface area contributed by atoms with Gasteiger partial charge in [-0.2, -0.15) is 0 Å². The summed E-state index contributed by atoms with van der Waals surface area (Å²) < 4.78 is 5.20. The van der Waals surface area contributed by atoms with Crippen LogP contribution in [0, 0.1) is 0 Å². The van der Waals surface area contributed by atoms with Crippen molar-refractivity contribution >= 4 is 0 Å². The van der Waals surface area contributed by atoms with Crippen LogP contribution in [0.2, 0.25) is 0 Å². The number of hydrogen-bond donors (Lipinski definition) is 2. The zero-order valence-electron chi connectivity index (χ0n) is 10.9. The zero-order valence-corrected chi connectivity index (χ0v) is 10.9. The molecule has 96 valence electrons. The van der Waals surface area contributed by atoms with Gasteiger partial charge in [0.15, 0.2) is 0 Å². The van der Waals surface area contributed by atoms with Gasteiger partial charge >= 0.3 is 0 Å². The van der Waals surface area contributed by atoms with Crippen molar-refractivity contribution in [2.75, 3.05) is 13.7 Å². The molecule has 0 saturated carbocycles. The lowest BCUT2D eigenvalue weighted by Gasteiger charge is -2.31. The van der Waals surface area contributed by atoms with Crippen molar-refractivity contribution < 1.29 is 9.84 Å². The molecule has 2 N–H and O–H groups in total. The first-order valence-corrected chi connectivity index (χ1v) is 6.05. The van der Waals surface area contributed by atoms with E-state index in [2.05, 4.69) is 24.1 Å². The molecule has 4 nitrogen and oxygen atoms in total. The second-order valence-electron chi connectivity index (χ2n) is 4.17. The van der Waals surface area contributed by atoms with Crippen LogP contribution in [0.5, 0.6) is 5.88 Å². The molecule has 0 spiro atoms. The first-order valence-electron chi connectivity index (χ1n) is 6.05. The maximum absolute atomic E-state index is 9.47. The van der Waals surface area contributed by atoms with Gasteiger partial charge in [0.25, 0.3) is 0 Å². The van der Waals surface area contributed by atoms with Crippen LogP contribution >= 0.6 is 0 Å². The molecule has 0 unspecified atom stereocenters. The lowest BCUT2D eigenvalue weighted by atomic mass is 9.93. The fraction of sp³-hybridized carbons (Fsp3) is 0.615. The van der Waals surface area contributed by atoms with E-state index in [0.29, 0.717) is 12.4 Å². The van der Waals surface area contributed by atoms with Gasteiger partial charge in [-0.25, -0.2) is 4.98 Å². The van der Waals surface area contributed by atoms with E-state index in [0.717, 1.165) is 18.4 Å². The third-order valence-electron chi connectivity index (χ3n) is 3.35. The van der Waals surface area contributed by atoms with Gasteiger partial charge in [0, 0.05) is 23.8 Å². The molecule has 0 radical (unpaired) electrons. The van der Waals surface area contributed by atoms with Crippen molar-refractivity contribution in [1.29, 1.82) is 0 Å². The van der Waals surface area contributed by atoms with E-state index >= 15 is 0 Å². The van der Waals surface area contributed by atoms with Gasteiger partial charge < -0.3 is 15.2 Å². The van der Waals surface area contributed by atoms with E-state index in [4.69, 9.17) is 4.74 Å². The highest BCUT2D eigenvalue weighted by molar-refractivity contribution is 5.25. The monoisotopic (exact) mass is 238 g/mol. The number of aliphatic hydroxyl groups excluding tert-OH is 1. The Bertz CT molecular complexity index is 330. The van der Waals surface area contributed by atoms with Gasteiger partial charge in [0.1, 0.15) is 0 Å². The fourth-order valence-electron chi connectivity index (χ4n) is 1.80. The summed E-state index contributed by atoms with van der Waals surface area (Å²) >= 11 is 0. The van der Waals surface area contributed by atoms with Crippen LogP contribution < -0.4 is 10.1 Å². The highest BCUT2D eigenvalue weighted by Gasteiger charge is 2.24. The molecule has 0 atom stereocenters. The van der Waals surface area contributed by atoms with Gasteiger partial charge in [0.05, 0.1) is 13.7 Å². The summed E-state index contributed by atoms with van der Waals surface area (Å²) in [6.45, 7) is 4.95. The first-order chi connectivity index (χ1) is 8.21. The molecule has 1 rings (SSSR count). The van der Waals surface area contributed by atoms with E-state index in [1.165, 1.54) is 0 Å². The number of nitrogens with zero attached hydrogens (tertiary/aromatic N) is 1. The molecule has 0 fully saturated rings. The number of methoxy groups -OCH3 is 1. The average Bonchev–Trinajstić information content (AvgIpc) is 2.41. The standard InChI is InChI=1S/C13H22N2O2/c1-4-13(5-2,10-16)15-9-11-7-6-8-14-12(11)17-3/h6-8,15-16H,4-5,9-10H2,1-3H3. The summed E-state index contributed by atoms with van der Waals surface area (Å²) in [5.41, 5.74) is 0.802. The van der Waals surface area contributed by atoms with E-state index in [1.54, 1.807) is 13.3 Å². The summed E-state index contributed by atoms with van der Waals surface area (Å²) in [6.07, 6.45) is 3.49. The van der Waals surface area contributed by atoms with Crippen molar-refractivity contribution in [3.63, 3.8) is 0 Å². The molecule has 1 aromatic rings. The minimum absolute atomic E-state index is 0.141. The van der Waals surface area contributed by atoms with Crippen molar-refractivity contribution in [3.8, 4) is 5.88 Å². The molecule has 1 heterocycles. The van der Waals surface area contributed by atoms with Crippen LogP contribution in [-0.4, -0.2) is 29.3 Å². The van der Waals surface area contributed by atoms with Crippen LogP contribution in [0.3, 0.4) is 0 Å². The Morgan fingerprint density at radius 3 is 2.65 bits per heavy atom. The van der Waals surface area contributed by atoms with Crippen LogP contribution in [-0.2, 0) is 6.54 Å². The maximum Gasteiger partial charge on any atom is 0.217 e. The number of pyridine rings is 1. The summed E-state index contributed by atoms with van der Waals surface area (Å²) in [6, 6.07) is 3.87. The van der Waals surface area contributed by atoms with E-state index in [1.807, 2.05) is 12.1 Å². The van der Waals surface area contributed by atoms with Crippen molar-refractivity contribution in [2.24, 2.45) is 0 Å². The summed E-state index contributed by atoms with van der Waals surface area (Å²) in [5.74, 6) is 0.638. The molecule has 0 aliphatic carbocycles. The lowest BCUT2D eigenvalue weighted by Crippen LogP contribution is -2.47. The Kier molecular flexibility index (Phi) is 5.38. The number of ether oxygens (including phenoxy) is 1. The Balaban J connectivity index is 2.71. The average molecular weight is 238 g/mol. The minimum atomic E-state index is -0.207. The molecule has 17 heavy (non-hydrogen) atoms. The van der Waals surface area contributed by atoms with E-state index in [9.17, 15) is 5.11 Å². The first kappa shape index (κ1) is 13.9. The largest absolute Gasteiger partial charge is 0.481 e. The molecule has 0 aliphatic rings. The quantitative estimate of drug-likeness (QED) is 0.759. The molecular formula is C13H22N2O2. The third-order valence-corrected chi connectivity index (χ3v) is 3.35. The second-order valence-corrected chi connectivity index (χ2v) is 4.17. The molecule has 0 aliphatic heterocycles. The van der Waals surface area contributed by atoms with E-state index < -0.39 is 0 Å². The molecule has 4 heteroatoms. The van der Waals surface area contributed by atoms with Crippen LogP contribution in [0.15, 0.2) is 18.3 Å². The van der Waals surface area contributed by atoms with Crippen molar-refractivity contribution in [1.82, 2.24) is 10.3 Å². The summed E-state index contributed by atoms with van der Waals surface area (Å²) in [5, 5.41) is 12.9.